The van der Waals surface area contributed by atoms with Crippen LogP contribution in [0.3, 0.4) is 0 Å². The molecule has 3 rings (SSSR count). The molecule has 0 aliphatic heterocycles. The smallest absolute Gasteiger partial charge is 0.275 e. The molecule has 0 aliphatic carbocycles. The van der Waals surface area contributed by atoms with E-state index in [1.165, 1.54) is 16.9 Å². The second-order valence-corrected chi connectivity index (χ2v) is 5.89. The Hall–Kier alpha value is -2.21. The van der Waals surface area contributed by atoms with Gasteiger partial charge >= 0.3 is 0 Å². The van der Waals surface area contributed by atoms with Crippen molar-refractivity contribution in [1.29, 1.82) is 0 Å². The highest BCUT2D eigenvalue weighted by Gasteiger charge is 2.14. The molecule has 0 saturated heterocycles. The van der Waals surface area contributed by atoms with E-state index < -0.39 is 0 Å². The van der Waals surface area contributed by atoms with E-state index in [4.69, 9.17) is 0 Å². The molecule has 21 heavy (non-hydrogen) atoms. The van der Waals surface area contributed by atoms with Gasteiger partial charge in [0, 0.05) is 12.7 Å². The van der Waals surface area contributed by atoms with E-state index in [-0.39, 0.29) is 5.91 Å². The Labute approximate surface area is 126 Å². The van der Waals surface area contributed by atoms with Crippen LogP contribution in [0.4, 0.5) is 5.13 Å². The van der Waals surface area contributed by atoms with E-state index in [2.05, 4.69) is 35.3 Å². The summed E-state index contributed by atoms with van der Waals surface area (Å²) in [6.45, 7) is 6.73. The lowest BCUT2D eigenvalue weighted by Gasteiger charge is -2.03. The van der Waals surface area contributed by atoms with E-state index in [1.807, 2.05) is 13.0 Å². The summed E-state index contributed by atoms with van der Waals surface area (Å²) in [6.07, 6.45) is 1.63. The van der Waals surface area contributed by atoms with Crippen LogP contribution >= 0.6 is 11.3 Å². The van der Waals surface area contributed by atoms with Crippen molar-refractivity contribution in [2.45, 2.75) is 27.3 Å². The lowest BCUT2D eigenvalue weighted by Crippen LogP contribution is -2.17. The largest absolute Gasteiger partial charge is 0.296 e. The number of fused-ring (bicyclic) bond motifs is 1. The minimum absolute atomic E-state index is 0.178. The van der Waals surface area contributed by atoms with Gasteiger partial charge in [0.1, 0.15) is 5.69 Å². The highest BCUT2D eigenvalue weighted by Crippen LogP contribution is 2.29. The van der Waals surface area contributed by atoms with Gasteiger partial charge in [-0.1, -0.05) is 17.4 Å². The van der Waals surface area contributed by atoms with Crippen molar-refractivity contribution < 1.29 is 4.79 Å². The summed E-state index contributed by atoms with van der Waals surface area (Å²) in [7, 11) is 0. The van der Waals surface area contributed by atoms with Gasteiger partial charge in [-0.3, -0.25) is 14.8 Å². The van der Waals surface area contributed by atoms with Gasteiger partial charge in [0.15, 0.2) is 5.13 Å². The average molecular weight is 300 g/mol. The van der Waals surface area contributed by atoms with Crippen LogP contribution in [0, 0.1) is 13.8 Å². The first-order valence-electron chi connectivity index (χ1n) is 6.80. The standard InChI is InChI=1S/C15H16N4OS/c1-4-19-11(7-8-16-19)14(20)18-15-17-13-10(3)9(2)5-6-12(13)21-15/h5-8H,4H2,1-3H3,(H,17,18,20). The molecule has 0 spiro atoms. The van der Waals surface area contributed by atoms with E-state index in [1.54, 1.807) is 16.9 Å². The van der Waals surface area contributed by atoms with Gasteiger partial charge in [0.05, 0.1) is 10.2 Å². The molecule has 1 N–H and O–H groups in total. The molecule has 5 nitrogen and oxygen atoms in total. The molecule has 0 atom stereocenters. The van der Waals surface area contributed by atoms with Crippen molar-refractivity contribution >= 4 is 32.6 Å². The second-order valence-electron chi connectivity index (χ2n) is 4.86. The number of amides is 1. The van der Waals surface area contributed by atoms with Gasteiger partial charge in [-0.25, -0.2) is 4.98 Å². The van der Waals surface area contributed by atoms with E-state index in [0.29, 0.717) is 17.4 Å². The van der Waals surface area contributed by atoms with Crippen LogP contribution in [-0.2, 0) is 6.54 Å². The van der Waals surface area contributed by atoms with Crippen molar-refractivity contribution in [3.63, 3.8) is 0 Å². The highest BCUT2D eigenvalue weighted by molar-refractivity contribution is 7.22. The maximum atomic E-state index is 12.3. The van der Waals surface area contributed by atoms with Crippen molar-refractivity contribution in [2.75, 3.05) is 5.32 Å². The number of carbonyl (C=O) groups is 1. The molecular formula is C15H16N4OS. The molecule has 0 fully saturated rings. The average Bonchev–Trinajstić information content (AvgIpc) is 3.09. The summed E-state index contributed by atoms with van der Waals surface area (Å²) in [5, 5.41) is 7.59. The Balaban J connectivity index is 1.92. The quantitative estimate of drug-likeness (QED) is 0.806. The third-order valence-corrected chi connectivity index (χ3v) is 4.49. The number of nitrogens with one attached hydrogen (secondary N) is 1. The van der Waals surface area contributed by atoms with Crippen LogP contribution in [-0.4, -0.2) is 20.7 Å². The van der Waals surface area contributed by atoms with Crippen LogP contribution < -0.4 is 5.32 Å². The van der Waals surface area contributed by atoms with Gasteiger partial charge in [-0.2, -0.15) is 5.10 Å². The maximum Gasteiger partial charge on any atom is 0.275 e. The Bertz CT molecular complexity index is 818. The number of anilines is 1. The molecule has 0 radical (unpaired) electrons. The number of aromatic nitrogens is 3. The summed E-state index contributed by atoms with van der Waals surface area (Å²) in [6, 6.07) is 5.83. The first kappa shape index (κ1) is 13.8. The van der Waals surface area contributed by atoms with Gasteiger partial charge in [0.25, 0.3) is 5.91 Å². The molecule has 0 unspecified atom stereocenters. The maximum absolute atomic E-state index is 12.3. The number of benzene rings is 1. The van der Waals surface area contributed by atoms with Crippen LogP contribution in [0.25, 0.3) is 10.2 Å². The lowest BCUT2D eigenvalue weighted by molar-refractivity contribution is 0.101. The highest BCUT2D eigenvalue weighted by atomic mass is 32.1. The fourth-order valence-electron chi connectivity index (χ4n) is 2.22. The molecule has 1 aromatic carbocycles. The fourth-order valence-corrected chi connectivity index (χ4v) is 3.14. The zero-order chi connectivity index (χ0) is 15.0. The SMILES string of the molecule is CCn1nccc1C(=O)Nc1nc2c(C)c(C)ccc2s1. The Morgan fingerprint density at radius 2 is 2.14 bits per heavy atom. The predicted molar refractivity (Wildman–Crippen MR) is 84.9 cm³/mol. The third kappa shape index (κ3) is 2.42. The Morgan fingerprint density at radius 3 is 2.90 bits per heavy atom. The number of rotatable bonds is 3. The molecule has 2 heterocycles. The number of thiazole rings is 1. The molecule has 6 heteroatoms. The third-order valence-electron chi connectivity index (χ3n) is 3.55. The van der Waals surface area contributed by atoms with Gasteiger partial charge in [-0.05, 0) is 44.0 Å². The minimum atomic E-state index is -0.178. The van der Waals surface area contributed by atoms with E-state index in [9.17, 15) is 4.79 Å². The first-order valence-corrected chi connectivity index (χ1v) is 7.61. The van der Waals surface area contributed by atoms with Gasteiger partial charge < -0.3 is 0 Å². The molecule has 0 aliphatic rings. The molecule has 0 saturated carbocycles. The topological polar surface area (TPSA) is 59.8 Å². The molecule has 108 valence electrons. The van der Waals surface area contributed by atoms with Crippen molar-refractivity contribution in [3.05, 3.63) is 41.2 Å². The zero-order valence-corrected chi connectivity index (χ0v) is 13.0. The summed E-state index contributed by atoms with van der Waals surface area (Å²) >= 11 is 1.49. The van der Waals surface area contributed by atoms with Crippen molar-refractivity contribution in [3.8, 4) is 0 Å². The number of aryl methyl sites for hydroxylation is 3. The first-order chi connectivity index (χ1) is 10.1. The van der Waals surface area contributed by atoms with E-state index in [0.717, 1.165) is 15.8 Å². The molecule has 0 bridgehead atoms. The Kier molecular flexibility index (Phi) is 3.47. The lowest BCUT2D eigenvalue weighted by atomic mass is 10.1. The van der Waals surface area contributed by atoms with E-state index >= 15 is 0 Å². The van der Waals surface area contributed by atoms with Crippen LogP contribution in [0.15, 0.2) is 24.4 Å². The Morgan fingerprint density at radius 1 is 1.33 bits per heavy atom. The predicted octanol–water partition coefficient (Wildman–Crippen LogP) is 3.38. The second kappa shape index (κ2) is 5.29. The zero-order valence-electron chi connectivity index (χ0n) is 12.2. The number of carbonyl (C=O) groups excluding carboxylic acids is 1. The molecule has 2 aromatic heterocycles. The van der Waals surface area contributed by atoms with Crippen LogP contribution in [0.5, 0.6) is 0 Å². The van der Waals surface area contributed by atoms with Gasteiger partial charge in [0.2, 0.25) is 0 Å². The van der Waals surface area contributed by atoms with Gasteiger partial charge in [-0.15, -0.1) is 0 Å². The number of nitrogens with zero attached hydrogens (tertiary/aromatic N) is 3. The minimum Gasteiger partial charge on any atom is -0.296 e. The summed E-state index contributed by atoms with van der Waals surface area (Å²) < 4.78 is 2.75. The fraction of sp³-hybridized carbons (Fsp3) is 0.267. The summed E-state index contributed by atoms with van der Waals surface area (Å²) in [5.41, 5.74) is 3.86. The number of hydrogen-bond acceptors (Lipinski definition) is 4. The number of hydrogen-bond donors (Lipinski definition) is 1. The molecular weight excluding hydrogens is 284 g/mol. The van der Waals surface area contributed by atoms with Crippen LogP contribution in [0.2, 0.25) is 0 Å². The van der Waals surface area contributed by atoms with Crippen LogP contribution in [0.1, 0.15) is 28.5 Å². The summed E-state index contributed by atoms with van der Waals surface area (Å²) in [5.74, 6) is -0.178. The molecule has 1 amide bonds. The monoisotopic (exact) mass is 300 g/mol. The van der Waals surface area contributed by atoms with Crippen molar-refractivity contribution in [2.24, 2.45) is 0 Å². The summed E-state index contributed by atoms with van der Waals surface area (Å²) in [4.78, 5) is 16.8. The normalized spacial score (nSPS) is 11.0. The van der Waals surface area contributed by atoms with Crippen molar-refractivity contribution in [1.82, 2.24) is 14.8 Å². The molecule has 3 aromatic rings.